The summed E-state index contributed by atoms with van der Waals surface area (Å²) >= 11 is 7.27. The third-order valence-electron chi connectivity index (χ3n) is 3.81. The summed E-state index contributed by atoms with van der Waals surface area (Å²) in [6, 6.07) is 17.9. The van der Waals surface area contributed by atoms with E-state index in [4.69, 9.17) is 11.6 Å². The largest absolute Gasteiger partial charge is 0.354 e. The highest BCUT2D eigenvalue weighted by molar-refractivity contribution is 7.07. The summed E-state index contributed by atoms with van der Waals surface area (Å²) in [5.74, 6) is -0.548. The molecule has 3 aromatic rings. The number of nitrogens with one attached hydrogen (secondary N) is 1. The number of hydrogen-bond acceptors (Lipinski definition) is 4. The summed E-state index contributed by atoms with van der Waals surface area (Å²) in [4.78, 5) is 25.2. The topological polar surface area (TPSA) is 74.9 Å². The lowest BCUT2D eigenvalue weighted by Gasteiger charge is -2.02. The lowest BCUT2D eigenvalue weighted by atomic mass is 10.2. The Bertz CT molecular complexity index is 1220. The molecular weight excluding hydrogens is 382 g/mol. The van der Waals surface area contributed by atoms with Gasteiger partial charge in [0.2, 0.25) is 0 Å². The van der Waals surface area contributed by atoms with Crippen LogP contribution < -0.4 is 20.1 Å². The summed E-state index contributed by atoms with van der Waals surface area (Å²) in [5, 5.41) is 12.4. The van der Waals surface area contributed by atoms with E-state index in [1.54, 1.807) is 48.5 Å². The number of thiazole rings is 1. The van der Waals surface area contributed by atoms with Crippen LogP contribution in [0.5, 0.6) is 0 Å². The molecule has 0 unspecified atom stereocenters. The highest BCUT2D eigenvalue weighted by Crippen LogP contribution is 2.15. The van der Waals surface area contributed by atoms with E-state index in [2.05, 4.69) is 5.32 Å². The van der Waals surface area contributed by atoms with Crippen LogP contribution in [0.3, 0.4) is 0 Å². The van der Waals surface area contributed by atoms with Crippen LogP contribution in [0.25, 0.3) is 17.3 Å². The van der Waals surface area contributed by atoms with Gasteiger partial charge in [-0.1, -0.05) is 48.0 Å². The van der Waals surface area contributed by atoms with E-state index in [0.717, 1.165) is 11.3 Å². The monoisotopic (exact) mass is 395 g/mol. The van der Waals surface area contributed by atoms with Crippen LogP contribution in [0, 0.1) is 11.3 Å². The van der Waals surface area contributed by atoms with Gasteiger partial charge < -0.3 is 5.32 Å². The van der Waals surface area contributed by atoms with Gasteiger partial charge in [0.05, 0.1) is 10.2 Å². The van der Waals surface area contributed by atoms with Crippen molar-refractivity contribution in [1.82, 2.24) is 9.88 Å². The fourth-order valence-electron chi connectivity index (χ4n) is 2.52. The van der Waals surface area contributed by atoms with Crippen molar-refractivity contribution in [3.63, 3.8) is 0 Å². The fourth-order valence-corrected chi connectivity index (χ4v) is 3.80. The molecule has 27 heavy (non-hydrogen) atoms. The van der Waals surface area contributed by atoms with Crippen LogP contribution in [-0.2, 0) is 4.79 Å². The fraction of sp³-hybridized carbons (Fsp3) is 0.0500. The number of para-hydroxylation sites is 1. The Morgan fingerprint density at radius 2 is 1.85 bits per heavy atom. The Hall–Kier alpha value is -3.14. The molecule has 0 aliphatic carbocycles. The number of nitriles is 1. The summed E-state index contributed by atoms with van der Waals surface area (Å²) in [6.07, 6.45) is 1.66. The zero-order chi connectivity index (χ0) is 19.4. The molecule has 0 saturated heterocycles. The van der Waals surface area contributed by atoms with Gasteiger partial charge in [0.25, 0.3) is 11.5 Å². The van der Waals surface area contributed by atoms with Crippen LogP contribution in [0.1, 0.15) is 5.56 Å². The molecule has 1 amide bonds. The van der Waals surface area contributed by atoms with Crippen LogP contribution in [0.2, 0.25) is 5.02 Å². The van der Waals surface area contributed by atoms with E-state index in [-0.39, 0.29) is 15.8 Å². The Morgan fingerprint density at radius 1 is 1.19 bits per heavy atom. The van der Waals surface area contributed by atoms with Crippen LogP contribution in [-0.4, -0.2) is 17.5 Å². The van der Waals surface area contributed by atoms with Crippen LogP contribution in [0.15, 0.2) is 59.4 Å². The average molecular weight is 396 g/mol. The Morgan fingerprint density at radius 3 is 2.48 bits per heavy atom. The zero-order valence-electron chi connectivity index (χ0n) is 14.3. The Labute approximate surface area is 164 Å². The van der Waals surface area contributed by atoms with E-state index in [1.165, 1.54) is 11.6 Å². The molecule has 0 fully saturated rings. The summed E-state index contributed by atoms with van der Waals surface area (Å²) in [5.41, 5.74) is 0.812. The number of halogens is 1. The third-order valence-corrected chi connectivity index (χ3v) is 5.25. The van der Waals surface area contributed by atoms with Crippen molar-refractivity contribution in [3.05, 3.63) is 84.7 Å². The number of nitrogens with zero attached hydrogens (tertiary/aromatic N) is 2. The van der Waals surface area contributed by atoms with Crippen molar-refractivity contribution in [2.75, 3.05) is 7.05 Å². The molecule has 0 spiro atoms. The molecule has 3 rings (SSSR count). The molecule has 134 valence electrons. The molecule has 0 radical (unpaired) electrons. The third kappa shape index (κ3) is 3.70. The number of carbonyl (C=O) groups is 1. The van der Waals surface area contributed by atoms with Crippen molar-refractivity contribution < 1.29 is 4.79 Å². The Balaban J connectivity index is 2.44. The number of carbonyl (C=O) groups excluding carboxylic acids is 1. The molecule has 2 aromatic carbocycles. The predicted molar refractivity (Wildman–Crippen MR) is 107 cm³/mol. The minimum absolute atomic E-state index is 0.123. The van der Waals surface area contributed by atoms with Crippen molar-refractivity contribution in [2.24, 2.45) is 0 Å². The quantitative estimate of drug-likeness (QED) is 0.734. The molecular formula is C20H14ClN3O2S. The van der Waals surface area contributed by atoms with E-state index in [9.17, 15) is 14.9 Å². The van der Waals surface area contributed by atoms with E-state index >= 15 is 0 Å². The number of amides is 1. The summed E-state index contributed by atoms with van der Waals surface area (Å²) in [7, 11) is 1.44. The van der Waals surface area contributed by atoms with Gasteiger partial charge in [-0.05, 0) is 29.8 Å². The van der Waals surface area contributed by atoms with Crippen molar-refractivity contribution in [3.8, 4) is 11.8 Å². The molecule has 0 atom stereocenters. The van der Waals surface area contributed by atoms with Gasteiger partial charge >= 0.3 is 0 Å². The zero-order valence-corrected chi connectivity index (χ0v) is 15.8. The maximum atomic E-state index is 13.1. The van der Waals surface area contributed by atoms with Gasteiger partial charge in [-0.2, -0.15) is 5.26 Å². The normalized spacial score (nSPS) is 12.4. The van der Waals surface area contributed by atoms with Gasteiger partial charge in [-0.25, -0.2) is 0 Å². The van der Waals surface area contributed by atoms with Gasteiger partial charge in [-0.3, -0.25) is 14.2 Å². The molecule has 0 saturated carbocycles. The smallest absolute Gasteiger partial charge is 0.273 e. The summed E-state index contributed by atoms with van der Waals surface area (Å²) in [6.45, 7) is 0. The van der Waals surface area contributed by atoms with E-state index < -0.39 is 5.91 Å². The molecule has 7 heteroatoms. The number of aromatic nitrogens is 1. The number of benzene rings is 2. The van der Waals surface area contributed by atoms with E-state index in [0.29, 0.717) is 20.8 Å². The highest BCUT2D eigenvalue weighted by atomic mass is 35.5. The molecule has 0 bridgehead atoms. The molecule has 5 nitrogen and oxygen atoms in total. The number of rotatable bonds is 3. The first-order valence-corrected chi connectivity index (χ1v) is 9.16. The molecule has 0 aliphatic rings. The SMILES string of the molecule is CNC(=O)C(C#N)=c1sc(=Cc2ccccc2Cl)c(=O)n1-c1ccccc1. The number of hydrogen-bond donors (Lipinski definition) is 1. The summed E-state index contributed by atoms with van der Waals surface area (Å²) < 4.78 is 2.02. The Kier molecular flexibility index (Phi) is 5.55. The molecule has 0 aliphatic heterocycles. The lowest BCUT2D eigenvalue weighted by molar-refractivity contribution is -0.115. The van der Waals surface area contributed by atoms with Crippen molar-refractivity contribution in [2.45, 2.75) is 0 Å². The van der Waals surface area contributed by atoms with E-state index in [1.807, 2.05) is 18.2 Å². The highest BCUT2D eigenvalue weighted by Gasteiger charge is 2.15. The predicted octanol–water partition coefficient (Wildman–Crippen LogP) is 1.80. The maximum Gasteiger partial charge on any atom is 0.273 e. The van der Waals surface area contributed by atoms with Gasteiger partial charge in [0.1, 0.15) is 10.7 Å². The second-order valence-corrected chi connectivity index (χ2v) is 6.92. The lowest BCUT2D eigenvalue weighted by Crippen LogP contribution is -2.33. The van der Waals surface area contributed by atoms with Gasteiger partial charge in [-0.15, -0.1) is 11.3 Å². The molecule has 1 N–H and O–H groups in total. The average Bonchev–Trinajstić information content (AvgIpc) is 3.00. The van der Waals surface area contributed by atoms with Crippen molar-refractivity contribution in [1.29, 1.82) is 5.26 Å². The minimum Gasteiger partial charge on any atom is -0.354 e. The van der Waals surface area contributed by atoms with Crippen LogP contribution >= 0.6 is 22.9 Å². The maximum absolute atomic E-state index is 13.1. The van der Waals surface area contributed by atoms with Gasteiger partial charge in [0.15, 0.2) is 5.57 Å². The first-order chi connectivity index (χ1) is 13.1. The molecule has 1 aromatic heterocycles. The van der Waals surface area contributed by atoms with Crippen molar-refractivity contribution >= 4 is 40.5 Å². The second-order valence-electron chi connectivity index (χ2n) is 5.48. The minimum atomic E-state index is -0.548. The first kappa shape index (κ1) is 18.6. The second kappa shape index (κ2) is 8.04. The van der Waals surface area contributed by atoms with Crippen LogP contribution in [0.4, 0.5) is 0 Å². The molecule has 1 heterocycles. The standard InChI is InChI=1S/C20H14ClN3O2S/c1-23-18(25)15(12-22)20-24(14-8-3-2-4-9-14)19(26)17(27-20)11-13-7-5-6-10-16(13)21/h2-11H,1H3,(H,23,25). The first-order valence-electron chi connectivity index (χ1n) is 7.97. The van der Waals surface area contributed by atoms with Gasteiger partial charge in [0, 0.05) is 12.1 Å².